The molecule has 0 N–H and O–H groups in total. The summed E-state index contributed by atoms with van der Waals surface area (Å²) in [6, 6.07) is 13.6. The Balaban J connectivity index is 1.25. The van der Waals surface area contributed by atoms with E-state index in [0.29, 0.717) is 31.6 Å². The molecule has 1 aromatic carbocycles. The standard InChI is InChI=1S/C24H23N5O2/c30-24(20-6-1-4-19(14-20)16-29-12-3-11-26-29)28-13-9-22-21(17-28)27-23(31-22)8-7-18-5-2-10-25-15-18/h1-6,10-12,14-15H,7-9,13,16-17H2. The molecule has 31 heavy (non-hydrogen) atoms. The van der Waals surface area contributed by atoms with Gasteiger partial charge < -0.3 is 9.32 Å². The Morgan fingerprint density at radius 3 is 2.84 bits per heavy atom. The molecule has 7 nitrogen and oxygen atoms in total. The first-order chi connectivity index (χ1) is 15.2. The van der Waals surface area contributed by atoms with Crippen LogP contribution in [0.4, 0.5) is 0 Å². The molecule has 0 fully saturated rings. The maximum Gasteiger partial charge on any atom is 0.254 e. The number of carbonyl (C=O) groups is 1. The summed E-state index contributed by atoms with van der Waals surface area (Å²) in [5, 5.41) is 4.24. The normalized spacial score (nSPS) is 13.2. The number of nitrogens with zero attached hydrogens (tertiary/aromatic N) is 5. The third-order valence-corrected chi connectivity index (χ3v) is 5.49. The largest absolute Gasteiger partial charge is 0.445 e. The zero-order valence-corrected chi connectivity index (χ0v) is 17.1. The molecule has 4 heterocycles. The average molecular weight is 413 g/mol. The van der Waals surface area contributed by atoms with Gasteiger partial charge in [-0.1, -0.05) is 18.2 Å². The monoisotopic (exact) mass is 413 g/mol. The van der Waals surface area contributed by atoms with Crippen LogP contribution in [0.5, 0.6) is 0 Å². The molecule has 7 heteroatoms. The van der Waals surface area contributed by atoms with E-state index < -0.39 is 0 Å². The van der Waals surface area contributed by atoms with Crippen molar-refractivity contribution in [1.82, 2.24) is 24.6 Å². The predicted molar refractivity (Wildman–Crippen MR) is 114 cm³/mol. The number of hydrogen-bond donors (Lipinski definition) is 0. The lowest BCUT2D eigenvalue weighted by Crippen LogP contribution is -2.35. The number of oxazole rings is 1. The summed E-state index contributed by atoms with van der Waals surface area (Å²) in [6.07, 6.45) is 9.55. The summed E-state index contributed by atoms with van der Waals surface area (Å²) in [4.78, 5) is 23.8. The van der Waals surface area contributed by atoms with E-state index in [1.165, 1.54) is 0 Å². The van der Waals surface area contributed by atoms with Crippen LogP contribution in [0, 0.1) is 0 Å². The Labute approximate surface area is 180 Å². The first kappa shape index (κ1) is 19.2. The molecule has 0 saturated heterocycles. The van der Waals surface area contributed by atoms with Crippen LogP contribution < -0.4 is 0 Å². The highest BCUT2D eigenvalue weighted by Gasteiger charge is 2.26. The number of aryl methyl sites for hydroxylation is 2. The lowest BCUT2D eigenvalue weighted by Gasteiger charge is -2.25. The van der Waals surface area contributed by atoms with Gasteiger partial charge in [0.25, 0.3) is 5.91 Å². The molecule has 1 aliphatic rings. The molecule has 0 atom stereocenters. The summed E-state index contributed by atoms with van der Waals surface area (Å²) >= 11 is 0. The van der Waals surface area contributed by atoms with Gasteiger partial charge in [0.2, 0.25) is 0 Å². The number of fused-ring (bicyclic) bond motifs is 1. The predicted octanol–water partition coefficient (Wildman–Crippen LogP) is 3.30. The summed E-state index contributed by atoms with van der Waals surface area (Å²) in [7, 11) is 0. The molecule has 1 amide bonds. The highest BCUT2D eigenvalue weighted by molar-refractivity contribution is 5.94. The van der Waals surface area contributed by atoms with Crippen LogP contribution >= 0.6 is 0 Å². The fourth-order valence-electron chi connectivity index (χ4n) is 3.90. The van der Waals surface area contributed by atoms with Gasteiger partial charge in [0.15, 0.2) is 5.89 Å². The topological polar surface area (TPSA) is 77.0 Å². The summed E-state index contributed by atoms with van der Waals surface area (Å²) in [5.41, 5.74) is 3.76. The molecule has 0 aliphatic carbocycles. The Bertz CT molecular complexity index is 1170. The smallest absolute Gasteiger partial charge is 0.254 e. The van der Waals surface area contributed by atoms with Crippen molar-refractivity contribution in [2.75, 3.05) is 6.54 Å². The molecule has 4 aromatic rings. The fraction of sp³-hybridized carbons (Fsp3) is 0.250. The van der Waals surface area contributed by atoms with Gasteiger partial charge in [-0.3, -0.25) is 14.5 Å². The molecule has 0 saturated carbocycles. The number of hydrogen-bond acceptors (Lipinski definition) is 5. The zero-order valence-electron chi connectivity index (χ0n) is 17.1. The fourth-order valence-corrected chi connectivity index (χ4v) is 3.90. The number of pyridine rings is 1. The number of carbonyl (C=O) groups excluding carboxylic acids is 1. The minimum Gasteiger partial charge on any atom is -0.445 e. The maximum absolute atomic E-state index is 13.1. The van der Waals surface area contributed by atoms with Crippen molar-refractivity contribution in [3.05, 3.63) is 101 Å². The third kappa shape index (κ3) is 4.40. The minimum atomic E-state index is 0.0212. The molecule has 3 aromatic heterocycles. The van der Waals surface area contributed by atoms with Gasteiger partial charge in [0.05, 0.1) is 13.1 Å². The van der Waals surface area contributed by atoms with Crippen molar-refractivity contribution in [2.24, 2.45) is 0 Å². The van der Waals surface area contributed by atoms with Gasteiger partial charge in [0, 0.05) is 49.7 Å². The van der Waals surface area contributed by atoms with E-state index in [9.17, 15) is 4.79 Å². The van der Waals surface area contributed by atoms with Gasteiger partial charge in [0.1, 0.15) is 11.5 Å². The number of aromatic nitrogens is 4. The van der Waals surface area contributed by atoms with Crippen LogP contribution in [0.2, 0.25) is 0 Å². The summed E-state index contributed by atoms with van der Waals surface area (Å²) in [6.45, 7) is 1.75. The average Bonchev–Trinajstić information content (AvgIpc) is 3.47. The molecule has 0 spiro atoms. The quantitative estimate of drug-likeness (QED) is 0.485. The van der Waals surface area contributed by atoms with E-state index in [0.717, 1.165) is 41.3 Å². The van der Waals surface area contributed by atoms with E-state index in [4.69, 9.17) is 4.42 Å². The zero-order chi connectivity index (χ0) is 21.0. The number of rotatable bonds is 6. The lowest BCUT2D eigenvalue weighted by atomic mass is 10.1. The number of amides is 1. The van der Waals surface area contributed by atoms with Crippen molar-refractivity contribution in [2.45, 2.75) is 32.4 Å². The van der Waals surface area contributed by atoms with Crippen molar-refractivity contribution in [1.29, 1.82) is 0 Å². The van der Waals surface area contributed by atoms with Gasteiger partial charge in [-0.2, -0.15) is 5.10 Å². The van der Waals surface area contributed by atoms with E-state index in [-0.39, 0.29) is 5.91 Å². The van der Waals surface area contributed by atoms with Gasteiger partial charge in [-0.25, -0.2) is 4.98 Å². The van der Waals surface area contributed by atoms with Crippen LogP contribution in [0.25, 0.3) is 0 Å². The first-order valence-electron chi connectivity index (χ1n) is 10.5. The highest BCUT2D eigenvalue weighted by Crippen LogP contribution is 2.22. The highest BCUT2D eigenvalue weighted by atomic mass is 16.4. The Morgan fingerprint density at radius 1 is 1.06 bits per heavy atom. The SMILES string of the molecule is O=C(c1cccc(Cn2cccn2)c1)N1CCc2oc(CCc3cccnc3)nc2C1. The Kier molecular flexibility index (Phi) is 5.31. The Morgan fingerprint density at radius 2 is 2.00 bits per heavy atom. The molecule has 0 bridgehead atoms. The van der Waals surface area contributed by atoms with Crippen molar-refractivity contribution >= 4 is 5.91 Å². The third-order valence-electron chi connectivity index (χ3n) is 5.49. The van der Waals surface area contributed by atoms with Crippen LogP contribution in [-0.2, 0) is 32.4 Å². The van der Waals surface area contributed by atoms with Crippen LogP contribution in [0.3, 0.4) is 0 Å². The lowest BCUT2D eigenvalue weighted by molar-refractivity contribution is 0.0727. The second-order valence-corrected chi connectivity index (χ2v) is 7.72. The van der Waals surface area contributed by atoms with Gasteiger partial charge in [-0.15, -0.1) is 0 Å². The van der Waals surface area contributed by atoms with E-state index in [1.54, 1.807) is 12.4 Å². The molecule has 5 rings (SSSR count). The second kappa shape index (κ2) is 8.55. The van der Waals surface area contributed by atoms with E-state index in [1.807, 2.05) is 58.4 Å². The van der Waals surface area contributed by atoms with Crippen LogP contribution in [0.1, 0.15) is 38.8 Å². The van der Waals surface area contributed by atoms with Crippen LogP contribution in [0.15, 0.2) is 71.7 Å². The summed E-state index contributed by atoms with van der Waals surface area (Å²) < 4.78 is 7.81. The van der Waals surface area contributed by atoms with Crippen molar-refractivity contribution in [3.63, 3.8) is 0 Å². The Hall–Kier alpha value is -3.74. The number of benzene rings is 1. The molecular weight excluding hydrogens is 390 g/mol. The summed E-state index contributed by atoms with van der Waals surface area (Å²) in [5.74, 6) is 1.65. The molecular formula is C24H23N5O2. The molecule has 0 radical (unpaired) electrons. The molecule has 0 unspecified atom stereocenters. The van der Waals surface area contributed by atoms with E-state index in [2.05, 4.69) is 21.1 Å². The van der Waals surface area contributed by atoms with Crippen molar-refractivity contribution in [3.8, 4) is 0 Å². The van der Waals surface area contributed by atoms with Crippen LogP contribution in [-0.4, -0.2) is 37.1 Å². The van der Waals surface area contributed by atoms with Gasteiger partial charge >= 0.3 is 0 Å². The first-order valence-corrected chi connectivity index (χ1v) is 10.5. The molecule has 156 valence electrons. The van der Waals surface area contributed by atoms with Gasteiger partial charge in [-0.05, 0) is 41.8 Å². The maximum atomic E-state index is 13.1. The minimum absolute atomic E-state index is 0.0212. The second-order valence-electron chi connectivity index (χ2n) is 7.72. The molecule has 1 aliphatic heterocycles. The van der Waals surface area contributed by atoms with Crippen molar-refractivity contribution < 1.29 is 9.21 Å². The van der Waals surface area contributed by atoms with E-state index >= 15 is 0 Å².